The van der Waals surface area contributed by atoms with Crippen LogP contribution in [0.4, 0.5) is 10.2 Å². The molecule has 2 fully saturated rings. The number of phosphoric acid groups is 1. The summed E-state index contributed by atoms with van der Waals surface area (Å²) < 4.78 is 72.5. The molecule has 0 saturated carbocycles. The molecule has 3 N–H and O–H groups in total. The number of rotatable bonds is 12. The molecule has 2 aromatic carbocycles. The Morgan fingerprint density at radius 2 is 1.85 bits per heavy atom. The summed E-state index contributed by atoms with van der Waals surface area (Å²) in [6, 6.07) is 15.7. The van der Waals surface area contributed by atoms with Gasteiger partial charge < -0.3 is 24.6 Å². The van der Waals surface area contributed by atoms with Crippen molar-refractivity contribution in [2.45, 2.75) is 50.4 Å². The monoisotopic (exact) mass is 710 g/mol. The van der Waals surface area contributed by atoms with Gasteiger partial charge in [-0.15, -0.1) is 0 Å². The third kappa shape index (κ3) is 7.66. The average molecular weight is 711 g/mol. The van der Waals surface area contributed by atoms with Crippen molar-refractivity contribution in [3.8, 4) is 5.75 Å². The highest BCUT2D eigenvalue weighted by Gasteiger charge is 2.51. The van der Waals surface area contributed by atoms with E-state index in [1.165, 1.54) is 23.0 Å². The van der Waals surface area contributed by atoms with E-state index in [-0.39, 0.29) is 54.0 Å². The largest absolute Gasteiger partial charge is 0.481 e. The number of aromatic nitrogens is 4. The molecule has 6 rings (SSSR count). The molecule has 0 bridgehead atoms. The highest BCUT2D eigenvalue weighted by Crippen LogP contribution is 2.66. The number of carbonyl (C=O) groups is 1. The zero-order chi connectivity index (χ0) is 33.2. The van der Waals surface area contributed by atoms with Crippen LogP contribution in [0, 0.1) is 0 Å². The standard InChI is InChI=1S/C28H30ClFN6O9P2/c29-28-33-24(31)23-25(34-28)35(17-32-23)26-21(30)14-20(43-26)16-42-47(39,40)45-46(38,44-19-10-5-2-6-11-19)36-13-7-12-22(36)27(37)41-15-18-8-3-1-4-9-18/h1-6,8-11,17,20-22,26H,7,12-16H2,(H,39,40)(H2,31,33,34)/t20-,21+,22-,26?,46?/m0/s1. The van der Waals surface area contributed by atoms with Gasteiger partial charge in [0.05, 0.1) is 19.0 Å². The number of fused-ring (bicyclic) bond motifs is 1. The average Bonchev–Trinajstić information content (AvgIpc) is 3.78. The summed E-state index contributed by atoms with van der Waals surface area (Å²) in [5.74, 6) is -0.656. The van der Waals surface area contributed by atoms with Crippen molar-refractivity contribution in [1.82, 2.24) is 24.2 Å². The molecule has 2 aromatic heterocycles. The Balaban J connectivity index is 1.15. The molecule has 2 aliphatic rings. The first-order valence-corrected chi connectivity index (χ1v) is 17.8. The Labute approximate surface area is 272 Å². The second-order valence-electron chi connectivity index (χ2n) is 10.7. The number of hydrogen-bond acceptors (Lipinski definition) is 12. The van der Waals surface area contributed by atoms with E-state index in [1.807, 2.05) is 6.07 Å². The first-order valence-electron chi connectivity index (χ1n) is 14.5. The Hall–Kier alpha value is -3.46. The summed E-state index contributed by atoms with van der Waals surface area (Å²) in [7, 11) is -9.94. The van der Waals surface area contributed by atoms with Gasteiger partial charge in [-0.2, -0.15) is 18.9 Å². The van der Waals surface area contributed by atoms with Gasteiger partial charge in [-0.3, -0.25) is 13.9 Å². The Bertz CT molecular complexity index is 1820. The lowest BCUT2D eigenvalue weighted by molar-refractivity contribution is -0.149. The number of alkyl halides is 1. The van der Waals surface area contributed by atoms with Gasteiger partial charge in [0.15, 0.2) is 17.7 Å². The molecule has 6 atom stereocenters. The third-order valence-electron chi connectivity index (χ3n) is 7.45. The smallest absolute Gasteiger partial charge is 0.460 e. The number of hydrogen-bond donors (Lipinski definition) is 2. The summed E-state index contributed by atoms with van der Waals surface area (Å²) in [6.07, 6.45) is -2.22. The molecule has 3 unspecified atom stereocenters. The Morgan fingerprint density at radius 3 is 2.60 bits per heavy atom. The first-order chi connectivity index (χ1) is 22.5. The van der Waals surface area contributed by atoms with Crippen LogP contribution in [0.5, 0.6) is 5.75 Å². The molecular formula is C28H30ClFN6O9P2. The fraction of sp³-hybridized carbons (Fsp3) is 0.357. The molecule has 47 heavy (non-hydrogen) atoms. The second kappa shape index (κ2) is 14.0. The topological polar surface area (TPSA) is 190 Å². The number of carbonyl (C=O) groups excluding carboxylic acids is 1. The van der Waals surface area contributed by atoms with E-state index in [1.54, 1.807) is 42.5 Å². The minimum Gasteiger partial charge on any atom is -0.460 e. The van der Waals surface area contributed by atoms with E-state index in [9.17, 15) is 18.8 Å². The van der Waals surface area contributed by atoms with Crippen molar-refractivity contribution in [1.29, 1.82) is 0 Å². The van der Waals surface area contributed by atoms with Crippen molar-refractivity contribution in [3.05, 3.63) is 77.8 Å². The molecule has 4 aromatic rings. The normalized spacial score (nSPS) is 24.1. The van der Waals surface area contributed by atoms with Gasteiger partial charge in [-0.25, -0.2) is 18.5 Å². The van der Waals surface area contributed by atoms with Crippen LogP contribution in [0.2, 0.25) is 5.28 Å². The van der Waals surface area contributed by atoms with Gasteiger partial charge >= 0.3 is 21.5 Å². The van der Waals surface area contributed by atoms with Crippen molar-refractivity contribution in [3.63, 3.8) is 0 Å². The number of para-hydroxylation sites is 1. The zero-order valence-corrected chi connectivity index (χ0v) is 27.1. The van der Waals surface area contributed by atoms with Crippen LogP contribution in [0.25, 0.3) is 11.2 Å². The van der Waals surface area contributed by atoms with Gasteiger partial charge in [-0.1, -0.05) is 48.5 Å². The fourth-order valence-corrected chi connectivity index (χ4v) is 9.02. The molecule has 0 aliphatic carbocycles. The highest BCUT2D eigenvalue weighted by molar-refractivity contribution is 7.63. The number of ether oxygens (including phenoxy) is 2. The first kappa shape index (κ1) is 33.4. The van der Waals surface area contributed by atoms with E-state index >= 15 is 4.39 Å². The van der Waals surface area contributed by atoms with Gasteiger partial charge in [0.1, 0.15) is 30.1 Å². The van der Waals surface area contributed by atoms with Crippen LogP contribution >= 0.6 is 27.2 Å². The van der Waals surface area contributed by atoms with E-state index in [2.05, 4.69) is 15.0 Å². The molecule has 250 valence electrons. The summed E-state index contributed by atoms with van der Waals surface area (Å²) >= 11 is 5.91. The summed E-state index contributed by atoms with van der Waals surface area (Å²) in [5.41, 5.74) is 6.90. The fourth-order valence-electron chi connectivity index (χ4n) is 5.32. The molecule has 2 aliphatic heterocycles. The Morgan fingerprint density at radius 1 is 1.13 bits per heavy atom. The lowest BCUT2D eigenvalue weighted by Gasteiger charge is -2.31. The van der Waals surface area contributed by atoms with Crippen LogP contribution in [-0.2, 0) is 38.8 Å². The van der Waals surface area contributed by atoms with Crippen molar-refractivity contribution in [2.75, 3.05) is 18.9 Å². The van der Waals surface area contributed by atoms with E-state index < -0.39 is 52.7 Å². The molecule has 0 radical (unpaired) electrons. The zero-order valence-electron chi connectivity index (χ0n) is 24.6. The van der Waals surface area contributed by atoms with Crippen LogP contribution < -0.4 is 10.3 Å². The number of nitrogen functional groups attached to an aromatic ring is 1. The maximum atomic E-state index is 15.1. The number of imidazole rings is 1. The quantitative estimate of drug-likeness (QED) is 0.111. The minimum atomic E-state index is -5.19. The number of nitrogens with two attached hydrogens (primary N) is 1. The van der Waals surface area contributed by atoms with E-state index in [4.69, 9.17) is 40.2 Å². The predicted molar refractivity (Wildman–Crippen MR) is 166 cm³/mol. The number of anilines is 1. The second-order valence-corrected chi connectivity index (χ2v) is 14.6. The molecule has 15 nitrogen and oxygen atoms in total. The number of halogens is 2. The van der Waals surface area contributed by atoms with Gasteiger partial charge in [0.25, 0.3) is 0 Å². The van der Waals surface area contributed by atoms with E-state index in [0.29, 0.717) is 6.42 Å². The molecule has 0 amide bonds. The van der Waals surface area contributed by atoms with Crippen LogP contribution in [0.1, 0.15) is 31.1 Å². The lowest BCUT2D eigenvalue weighted by Crippen LogP contribution is -2.36. The van der Waals surface area contributed by atoms with Crippen molar-refractivity contribution >= 4 is 50.1 Å². The maximum absolute atomic E-state index is 15.1. The molecule has 19 heteroatoms. The summed E-state index contributed by atoms with van der Waals surface area (Å²) in [4.78, 5) is 35.8. The van der Waals surface area contributed by atoms with Crippen LogP contribution in [0.15, 0.2) is 67.0 Å². The molecule has 2 saturated heterocycles. The SMILES string of the molecule is Nc1nc(Cl)nc2c1ncn2C1O[C@H](COP(=O)(O)OP(=O)(Oc2ccccc2)N2CCC[C@H]2C(=O)OCc2ccccc2)C[C@H]1F. The van der Waals surface area contributed by atoms with Crippen LogP contribution in [-0.4, -0.2) is 66.5 Å². The third-order valence-corrected chi connectivity index (χ3v) is 11.3. The number of nitrogens with zero attached hydrogens (tertiary/aromatic N) is 5. The maximum Gasteiger partial charge on any atom is 0.481 e. The molecule has 0 spiro atoms. The summed E-state index contributed by atoms with van der Waals surface area (Å²) in [5, 5.41) is -0.171. The van der Waals surface area contributed by atoms with Crippen LogP contribution in [0.3, 0.4) is 0 Å². The van der Waals surface area contributed by atoms with Gasteiger partial charge in [-0.05, 0) is 42.1 Å². The number of esters is 1. The highest BCUT2D eigenvalue weighted by atomic mass is 35.5. The number of benzene rings is 2. The number of phosphoric ester groups is 1. The Kier molecular flexibility index (Phi) is 9.93. The van der Waals surface area contributed by atoms with Gasteiger partial charge in [0, 0.05) is 13.0 Å². The minimum absolute atomic E-state index is 0.00254. The van der Waals surface area contributed by atoms with Gasteiger partial charge in [0.2, 0.25) is 5.28 Å². The van der Waals surface area contributed by atoms with Crippen molar-refractivity contribution in [2.24, 2.45) is 0 Å². The molecule has 4 heterocycles. The van der Waals surface area contributed by atoms with E-state index in [0.717, 1.165) is 10.2 Å². The van der Waals surface area contributed by atoms with Crippen molar-refractivity contribution < 1.29 is 46.0 Å². The predicted octanol–water partition coefficient (Wildman–Crippen LogP) is 5.22. The lowest BCUT2D eigenvalue weighted by atomic mass is 10.2. The molecular weight excluding hydrogens is 681 g/mol. The summed E-state index contributed by atoms with van der Waals surface area (Å²) in [6.45, 7) is -0.622.